The lowest BCUT2D eigenvalue weighted by atomic mass is 10.1. The van der Waals surface area contributed by atoms with Crippen molar-refractivity contribution in [1.82, 2.24) is 4.98 Å². The average molecular weight is 345 g/mol. The van der Waals surface area contributed by atoms with E-state index in [2.05, 4.69) is 9.72 Å². The molecule has 1 rings (SSSR count). The molecule has 0 aliphatic carbocycles. The van der Waals surface area contributed by atoms with Gasteiger partial charge < -0.3 is 4.74 Å². The first-order chi connectivity index (χ1) is 7.45. The van der Waals surface area contributed by atoms with Crippen LogP contribution in [0, 0.1) is 9.65 Å². The normalized spacial score (nSPS) is 10.6. The van der Waals surface area contributed by atoms with Crippen molar-refractivity contribution in [3.63, 3.8) is 0 Å². The van der Waals surface area contributed by atoms with E-state index in [1.54, 1.807) is 22.6 Å². The Kier molecular flexibility index (Phi) is 4.51. The van der Waals surface area contributed by atoms with E-state index in [4.69, 9.17) is 0 Å². The van der Waals surface area contributed by atoms with Crippen molar-refractivity contribution < 1.29 is 22.7 Å². The molecule has 1 aromatic rings. The number of pyridine rings is 1. The van der Waals surface area contributed by atoms with Crippen molar-refractivity contribution in [2.24, 2.45) is 0 Å². The van der Waals surface area contributed by atoms with Crippen molar-refractivity contribution >= 4 is 28.6 Å². The van der Waals surface area contributed by atoms with Gasteiger partial charge in [0.05, 0.1) is 13.5 Å². The zero-order chi connectivity index (χ0) is 12.3. The molecule has 0 bridgehead atoms. The topological polar surface area (TPSA) is 39.2 Å². The van der Waals surface area contributed by atoms with E-state index >= 15 is 0 Å². The highest BCUT2D eigenvalue weighted by molar-refractivity contribution is 14.1. The van der Waals surface area contributed by atoms with Crippen molar-refractivity contribution in [3.05, 3.63) is 26.8 Å². The van der Waals surface area contributed by atoms with Crippen molar-refractivity contribution in [3.8, 4) is 0 Å². The van der Waals surface area contributed by atoms with E-state index in [9.17, 15) is 18.0 Å². The second kappa shape index (κ2) is 5.46. The van der Waals surface area contributed by atoms with Crippen LogP contribution in [0.15, 0.2) is 6.07 Å². The van der Waals surface area contributed by atoms with Crippen LogP contribution in [0.4, 0.5) is 13.2 Å². The van der Waals surface area contributed by atoms with Gasteiger partial charge in [0.25, 0.3) is 6.43 Å². The van der Waals surface area contributed by atoms with Crippen molar-refractivity contribution in [2.45, 2.75) is 12.8 Å². The van der Waals surface area contributed by atoms with E-state index in [1.165, 1.54) is 0 Å². The summed E-state index contributed by atoms with van der Waals surface area (Å²) in [6.45, 7) is 0. The summed E-state index contributed by atoms with van der Waals surface area (Å²) < 4.78 is 42.4. The molecule has 0 atom stereocenters. The van der Waals surface area contributed by atoms with Gasteiger partial charge in [0.1, 0.15) is 3.70 Å². The molecule has 0 radical (unpaired) electrons. The average Bonchev–Trinajstić information content (AvgIpc) is 2.20. The molecule has 0 aromatic carbocycles. The number of carbonyl (C=O) groups excluding carboxylic acids is 1. The number of carbonyl (C=O) groups is 1. The third kappa shape index (κ3) is 3.06. The van der Waals surface area contributed by atoms with Crippen molar-refractivity contribution in [2.75, 3.05) is 7.11 Å². The lowest BCUT2D eigenvalue weighted by Crippen LogP contribution is -2.11. The first kappa shape index (κ1) is 13.2. The minimum Gasteiger partial charge on any atom is -0.469 e. The molecule has 1 aromatic heterocycles. The van der Waals surface area contributed by atoms with Gasteiger partial charge in [-0.2, -0.15) is 4.39 Å². The molecule has 7 heteroatoms. The second-order valence-corrected chi connectivity index (χ2v) is 3.88. The smallest absolute Gasteiger partial charge is 0.310 e. The number of hydrogen-bond donors (Lipinski definition) is 0. The summed E-state index contributed by atoms with van der Waals surface area (Å²) in [5, 5.41) is 0. The number of halogens is 4. The monoisotopic (exact) mass is 345 g/mol. The van der Waals surface area contributed by atoms with E-state index in [0.29, 0.717) is 6.07 Å². The van der Waals surface area contributed by atoms with E-state index < -0.39 is 23.9 Å². The Labute approximate surface area is 103 Å². The molecule has 0 N–H and O–H groups in total. The molecule has 0 saturated heterocycles. The van der Waals surface area contributed by atoms with Crippen LogP contribution in [0.25, 0.3) is 0 Å². The fraction of sp³-hybridized carbons (Fsp3) is 0.333. The number of nitrogens with zero attached hydrogens (tertiary/aromatic N) is 1. The van der Waals surface area contributed by atoms with Crippen LogP contribution < -0.4 is 0 Å². The molecule has 16 heavy (non-hydrogen) atoms. The summed E-state index contributed by atoms with van der Waals surface area (Å²) in [4.78, 5) is 14.4. The lowest BCUT2D eigenvalue weighted by Gasteiger charge is -2.09. The highest BCUT2D eigenvalue weighted by atomic mass is 127. The number of ether oxygens (including phenoxy) is 1. The van der Waals surface area contributed by atoms with Crippen LogP contribution in [0.2, 0.25) is 0 Å². The molecule has 0 saturated carbocycles. The Morgan fingerprint density at radius 2 is 2.25 bits per heavy atom. The predicted molar refractivity (Wildman–Crippen MR) is 57.6 cm³/mol. The molecule has 88 valence electrons. The fourth-order valence-corrected chi connectivity index (χ4v) is 1.85. The fourth-order valence-electron chi connectivity index (χ4n) is 1.11. The second-order valence-electron chi connectivity index (χ2n) is 2.86. The summed E-state index contributed by atoms with van der Waals surface area (Å²) in [7, 11) is 1.15. The van der Waals surface area contributed by atoms with Gasteiger partial charge in [-0.15, -0.1) is 0 Å². The molecule has 0 spiro atoms. The number of alkyl halides is 2. The molecule has 1 heterocycles. The highest BCUT2D eigenvalue weighted by Crippen LogP contribution is 2.26. The lowest BCUT2D eigenvalue weighted by molar-refractivity contribution is -0.139. The first-order valence-corrected chi connectivity index (χ1v) is 5.23. The van der Waals surface area contributed by atoms with Crippen LogP contribution in [0.3, 0.4) is 0 Å². The number of rotatable bonds is 3. The number of aromatic nitrogens is 1. The zero-order valence-electron chi connectivity index (χ0n) is 8.14. The van der Waals surface area contributed by atoms with Gasteiger partial charge in [-0.05, 0) is 22.6 Å². The van der Waals surface area contributed by atoms with Gasteiger partial charge in [-0.1, -0.05) is 0 Å². The molecule has 0 amide bonds. The third-order valence-corrected chi connectivity index (χ3v) is 2.75. The van der Waals surface area contributed by atoms with E-state index in [0.717, 1.165) is 7.11 Å². The summed E-state index contributed by atoms with van der Waals surface area (Å²) in [6, 6.07) is 0.630. The molecular formula is C9H7F3INO2. The molecule has 0 unspecified atom stereocenters. The number of methoxy groups -OCH3 is 1. The minimum atomic E-state index is -2.86. The maximum atomic E-state index is 12.8. The minimum absolute atomic E-state index is 0.00356. The summed E-state index contributed by atoms with van der Waals surface area (Å²) in [5.41, 5.74) is -0.522. The van der Waals surface area contributed by atoms with Gasteiger partial charge in [0.15, 0.2) is 0 Å². The Balaban J connectivity index is 3.19. The number of hydrogen-bond acceptors (Lipinski definition) is 3. The van der Waals surface area contributed by atoms with Crippen LogP contribution in [-0.4, -0.2) is 18.1 Å². The van der Waals surface area contributed by atoms with E-state index in [-0.39, 0.29) is 15.7 Å². The Hall–Kier alpha value is -0.860. The van der Waals surface area contributed by atoms with Gasteiger partial charge in [-0.25, -0.2) is 13.8 Å². The quantitative estimate of drug-likeness (QED) is 0.480. The maximum Gasteiger partial charge on any atom is 0.310 e. The standard InChI is InChI=1S/C9H7F3INO2/c1-16-7(15)3-5-4(8(11)12)2-6(10)14-9(5)13/h2,8H,3H2,1H3. The zero-order valence-corrected chi connectivity index (χ0v) is 10.3. The molecule has 0 fully saturated rings. The highest BCUT2D eigenvalue weighted by Gasteiger charge is 2.20. The largest absolute Gasteiger partial charge is 0.469 e. The van der Waals surface area contributed by atoms with Gasteiger partial charge >= 0.3 is 5.97 Å². The van der Waals surface area contributed by atoms with Gasteiger partial charge in [0.2, 0.25) is 5.95 Å². The Morgan fingerprint density at radius 1 is 1.62 bits per heavy atom. The van der Waals surface area contributed by atoms with Crippen LogP contribution >= 0.6 is 22.6 Å². The van der Waals surface area contributed by atoms with Crippen LogP contribution in [0.1, 0.15) is 17.6 Å². The first-order valence-electron chi connectivity index (χ1n) is 4.15. The summed E-state index contributed by atoms with van der Waals surface area (Å²) >= 11 is 1.60. The molecule has 3 nitrogen and oxygen atoms in total. The molecule has 0 aliphatic rings. The molecule has 0 aliphatic heterocycles. The predicted octanol–water partition coefficient (Wildman–Crippen LogP) is 2.48. The molecular weight excluding hydrogens is 338 g/mol. The van der Waals surface area contributed by atoms with Gasteiger partial charge in [-0.3, -0.25) is 4.79 Å². The van der Waals surface area contributed by atoms with Gasteiger partial charge in [0, 0.05) is 17.2 Å². The third-order valence-electron chi connectivity index (χ3n) is 1.86. The number of esters is 1. The van der Waals surface area contributed by atoms with E-state index in [1.807, 2.05) is 0 Å². The van der Waals surface area contributed by atoms with Crippen LogP contribution in [0.5, 0.6) is 0 Å². The summed E-state index contributed by atoms with van der Waals surface area (Å²) in [6.07, 6.45) is -3.20. The SMILES string of the molecule is COC(=O)Cc1c(C(F)F)cc(F)nc1I. The Morgan fingerprint density at radius 3 is 2.75 bits per heavy atom. The maximum absolute atomic E-state index is 12.8. The summed E-state index contributed by atoms with van der Waals surface area (Å²) in [5.74, 6) is -1.67. The van der Waals surface area contributed by atoms with Crippen LogP contribution in [-0.2, 0) is 16.0 Å². The Bertz CT molecular complexity index is 412. The van der Waals surface area contributed by atoms with Crippen molar-refractivity contribution in [1.29, 1.82) is 0 Å².